The van der Waals surface area contributed by atoms with Crippen molar-refractivity contribution in [3.05, 3.63) is 51.8 Å². The van der Waals surface area contributed by atoms with Crippen LogP contribution in [-0.2, 0) is 23.3 Å². The summed E-state index contributed by atoms with van der Waals surface area (Å²) in [7, 11) is 0. The quantitative estimate of drug-likeness (QED) is 0.619. The Kier molecular flexibility index (Phi) is 4.67. The Bertz CT molecular complexity index is 821. The molecule has 2 aromatic rings. The maximum absolute atomic E-state index is 12.4. The third kappa shape index (κ3) is 3.68. The highest BCUT2D eigenvalue weighted by Crippen LogP contribution is 2.24. The van der Waals surface area contributed by atoms with Gasteiger partial charge in [0.05, 0.1) is 16.7 Å². The molecule has 0 spiro atoms. The van der Waals surface area contributed by atoms with E-state index < -0.39 is 4.92 Å². The molecule has 2 heterocycles. The number of amides is 1. The minimum absolute atomic E-state index is 0.0110. The minimum Gasteiger partial charge on any atom is -0.484 e. The number of carbonyl (C=O) groups is 1. The molecule has 1 aromatic carbocycles. The number of carbonyl (C=O) groups excluding carboxylic acids is 1. The highest BCUT2D eigenvalue weighted by atomic mass is 16.6. The number of aromatic nitrogens is 2. The molecule has 138 valence electrons. The van der Waals surface area contributed by atoms with Gasteiger partial charge in [0.2, 0.25) is 0 Å². The number of nitro groups is 1. The Balaban J connectivity index is 1.60. The first-order valence-electron chi connectivity index (χ1n) is 8.47. The summed E-state index contributed by atoms with van der Waals surface area (Å²) < 4.78 is 7.49. The molecule has 0 atom stereocenters. The third-order valence-corrected chi connectivity index (χ3v) is 4.33. The number of benzene rings is 1. The lowest BCUT2D eigenvalue weighted by atomic mass is 10.0. The lowest BCUT2D eigenvalue weighted by Gasteiger charge is -2.30. The van der Waals surface area contributed by atoms with E-state index in [1.54, 1.807) is 4.90 Å². The molecular formula is C18H22N4O4. The predicted molar refractivity (Wildman–Crippen MR) is 94.9 cm³/mol. The van der Waals surface area contributed by atoms with Crippen LogP contribution in [-0.4, -0.2) is 38.7 Å². The number of rotatable bonds is 4. The van der Waals surface area contributed by atoms with Crippen molar-refractivity contribution >= 4 is 11.6 Å². The van der Waals surface area contributed by atoms with E-state index in [0.717, 1.165) is 12.0 Å². The van der Waals surface area contributed by atoms with E-state index in [1.807, 2.05) is 10.9 Å². The van der Waals surface area contributed by atoms with Crippen LogP contribution in [0.3, 0.4) is 0 Å². The summed E-state index contributed by atoms with van der Waals surface area (Å²) in [5.41, 5.74) is 2.15. The van der Waals surface area contributed by atoms with Crippen LogP contribution in [0.2, 0.25) is 0 Å². The Morgan fingerprint density at radius 3 is 2.62 bits per heavy atom. The normalized spacial score (nSPS) is 14.0. The van der Waals surface area contributed by atoms with E-state index in [9.17, 15) is 14.9 Å². The predicted octanol–water partition coefficient (Wildman–Crippen LogP) is 2.51. The van der Waals surface area contributed by atoms with Gasteiger partial charge in [0.25, 0.3) is 11.6 Å². The van der Waals surface area contributed by atoms with Gasteiger partial charge in [0.1, 0.15) is 5.75 Å². The second-order valence-corrected chi connectivity index (χ2v) is 7.30. The molecule has 0 bridgehead atoms. The van der Waals surface area contributed by atoms with Gasteiger partial charge in [-0.3, -0.25) is 19.6 Å². The standard InChI is InChI=1S/C18H22N4O4/c1-18(2,3)21-16-8-9-20(11-13(16)10-19-21)17(23)12-26-15-6-4-14(5-7-15)22(24)25/h4-7,10H,8-9,11-12H2,1-3H3. The van der Waals surface area contributed by atoms with Crippen molar-refractivity contribution in [2.24, 2.45) is 0 Å². The van der Waals surface area contributed by atoms with Crippen molar-refractivity contribution in [1.82, 2.24) is 14.7 Å². The van der Waals surface area contributed by atoms with Gasteiger partial charge in [0, 0.05) is 42.9 Å². The number of ether oxygens (including phenoxy) is 1. The zero-order valence-electron chi connectivity index (χ0n) is 15.1. The van der Waals surface area contributed by atoms with Crippen molar-refractivity contribution in [1.29, 1.82) is 0 Å². The van der Waals surface area contributed by atoms with Gasteiger partial charge in [-0.05, 0) is 32.9 Å². The van der Waals surface area contributed by atoms with Crippen LogP contribution < -0.4 is 4.74 Å². The summed E-state index contributed by atoms with van der Waals surface area (Å²) in [6.07, 6.45) is 2.59. The number of non-ortho nitro benzene ring substituents is 1. The average Bonchev–Trinajstić information content (AvgIpc) is 3.03. The summed E-state index contributed by atoms with van der Waals surface area (Å²) in [6.45, 7) is 7.37. The van der Waals surface area contributed by atoms with Crippen LogP contribution in [0.15, 0.2) is 30.5 Å². The Labute approximate surface area is 151 Å². The monoisotopic (exact) mass is 358 g/mol. The van der Waals surface area contributed by atoms with E-state index in [1.165, 1.54) is 30.0 Å². The first kappa shape index (κ1) is 17.9. The molecule has 8 nitrogen and oxygen atoms in total. The molecule has 1 aromatic heterocycles. The Hall–Kier alpha value is -2.90. The van der Waals surface area contributed by atoms with Crippen LogP contribution >= 0.6 is 0 Å². The van der Waals surface area contributed by atoms with E-state index in [4.69, 9.17) is 4.74 Å². The first-order chi connectivity index (χ1) is 12.3. The first-order valence-corrected chi connectivity index (χ1v) is 8.47. The van der Waals surface area contributed by atoms with Crippen LogP contribution in [0.25, 0.3) is 0 Å². The SMILES string of the molecule is CC(C)(C)n1ncc2c1CCN(C(=O)COc1ccc([N+](=O)[O-])cc1)C2. The van der Waals surface area contributed by atoms with Gasteiger partial charge in [0.15, 0.2) is 6.61 Å². The van der Waals surface area contributed by atoms with E-state index >= 15 is 0 Å². The Morgan fingerprint density at radius 1 is 1.31 bits per heavy atom. The third-order valence-electron chi connectivity index (χ3n) is 4.33. The topological polar surface area (TPSA) is 90.5 Å². The highest BCUT2D eigenvalue weighted by Gasteiger charge is 2.27. The van der Waals surface area contributed by atoms with E-state index in [0.29, 0.717) is 18.8 Å². The van der Waals surface area contributed by atoms with Crippen molar-refractivity contribution < 1.29 is 14.5 Å². The lowest BCUT2D eigenvalue weighted by Crippen LogP contribution is -2.40. The number of fused-ring (bicyclic) bond motifs is 1. The van der Waals surface area contributed by atoms with Crippen molar-refractivity contribution in [3.63, 3.8) is 0 Å². The summed E-state index contributed by atoms with van der Waals surface area (Å²) in [4.78, 5) is 24.4. The van der Waals surface area contributed by atoms with E-state index in [-0.39, 0.29) is 23.7 Å². The van der Waals surface area contributed by atoms with Crippen molar-refractivity contribution in [3.8, 4) is 5.75 Å². The van der Waals surface area contributed by atoms with Crippen LogP contribution in [0, 0.1) is 10.1 Å². The fraction of sp³-hybridized carbons (Fsp3) is 0.444. The largest absolute Gasteiger partial charge is 0.484 e. The zero-order valence-corrected chi connectivity index (χ0v) is 15.1. The fourth-order valence-electron chi connectivity index (χ4n) is 3.02. The second kappa shape index (κ2) is 6.78. The van der Waals surface area contributed by atoms with Gasteiger partial charge >= 0.3 is 0 Å². The molecular weight excluding hydrogens is 336 g/mol. The molecule has 1 amide bonds. The highest BCUT2D eigenvalue weighted by molar-refractivity contribution is 5.78. The molecule has 1 aliphatic heterocycles. The smallest absolute Gasteiger partial charge is 0.269 e. The number of nitrogens with zero attached hydrogens (tertiary/aromatic N) is 4. The van der Waals surface area contributed by atoms with Gasteiger partial charge in [-0.25, -0.2) is 0 Å². The van der Waals surface area contributed by atoms with Crippen molar-refractivity contribution in [2.45, 2.75) is 39.3 Å². The molecule has 0 aliphatic carbocycles. The molecule has 0 fully saturated rings. The van der Waals surface area contributed by atoms with Gasteiger partial charge in [-0.2, -0.15) is 5.10 Å². The van der Waals surface area contributed by atoms with Crippen LogP contribution in [0.4, 0.5) is 5.69 Å². The summed E-state index contributed by atoms with van der Waals surface area (Å²) >= 11 is 0. The molecule has 0 saturated carbocycles. The maximum atomic E-state index is 12.4. The lowest BCUT2D eigenvalue weighted by molar-refractivity contribution is -0.384. The van der Waals surface area contributed by atoms with Crippen LogP contribution in [0.5, 0.6) is 5.75 Å². The minimum atomic E-state index is -0.474. The zero-order chi connectivity index (χ0) is 18.9. The summed E-state index contributed by atoms with van der Waals surface area (Å²) in [5, 5.41) is 15.1. The average molecular weight is 358 g/mol. The molecule has 3 rings (SSSR count). The van der Waals surface area contributed by atoms with Crippen LogP contribution in [0.1, 0.15) is 32.0 Å². The summed E-state index contributed by atoms with van der Waals surface area (Å²) in [5.74, 6) is 0.319. The number of nitro benzene ring substituents is 1. The second-order valence-electron chi connectivity index (χ2n) is 7.30. The molecule has 0 N–H and O–H groups in total. The van der Waals surface area contributed by atoms with Gasteiger partial charge < -0.3 is 9.64 Å². The molecule has 0 saturated heterocycles. The fourth-order valence-corrected chi connectivity index (χ4v) is 3.02. The Morgan fingerprint density at radius 2 is 2.00 bits per heavy atom. The summed E-state index contributed by atoms with van der Waals surface area (Å²) in [6, 6.07) is 5.70. The van der Waals surface area contributed by atoms with Gasteiger partial charge in [-0.1, -0.05) is 0 Å². The number of hydrogen-bond donors (Lipinski definition) is 0. The molecule has 1 aliphatic rings. The maximum Gasteiger partial charge on any atom is 0.269 e. The molecule has 26 heavy (non-hydrogen) atoms. The van der Waals surface area contributed by atoms with Crippen molar-refractivity contribution in [2.75, 3.05) is 13.2 Å². The van der Waals surface area contributed by atoms with E-state index in [2.05, 4.69) is 25.9 Å². The molecule has 0 unspecified atom stereocenters. The number of hydrogen-bond acceptors (Lipinski definition) is 5. The molecule has 0 radical (unpaired) electrons. The van der Waals surface area contributed by atoms with Gasteiger partial charge in [-0.15, -0.1) is 0 Å². The molecule has 8 heteroatoms.